The molecule has 6 heteroatoms. The zero-order chi connectivity index (χ0) is 25.9. The van der Waals surface area contributed by atoms with Gasteiger partial charge in [0, 0.05) is 18.2 Å². The summed E-state index contributed by atoms with van der Waals surface area (Å²) < 4.78 is 6.89. The first-order chi connectivity index (χ1) is 17.0. The minimum atomic E-state index is -0.545. The Morgan fingerprint density at radius 1 is 1.11 bits per heavy atom. The second-order valence-electron chi connectivity index (χ2n) is 12.0. The Labute approximate surface area is 215 Å². The van der Waals surface area contributed by atoms with Gasteiger partial charge in [-0.2, -0.15) is 0 Å². The van der Waals surface area contributed by atoms with Crippen LogP contribution in [0.2, 0.25) is 0 Å². The Balaban J connectivity index is 1.40. The number of aromatic nitrogens is 3. The first-order valence-electron chi connectivity index (χ1n) is 13.0. The van der Waals surface area contributed by atoms with Crippen LogP contribution < -0.4 is 5.32 Å². The van der Waals surface area contributed by atoms with Gasteiger partial charge in [-0.3, -0.25) is 4.79 Å². The summed E-state index contributed by atoms with van der Waals surface area (Å²) in [6.07, 6.45) is 6.71. The number of nitrogens with zero attached hydrogens (tertiary/aromatic N) is 3. The lowest BCUT2D eigenvalue weighted by molar-refractivity contribution is -0.157. The molecule has 0 radical (unpaired) electrons. The molecule has 0 unspecified atom stereocenters. The fourth-order valence-corrected chi connectivity index (χ4v) is 4.67. The summed E-state index contributed by atoms with van der Waals surface area (Å²) in [5, 5.41) is 8.27. The smallest absolute Gasteiger partial charge is 0.313 e. The van der Waals surface area contributed by atoms with Gasteiger partial charge in [-0.1, -0.05) is 44.2 Å². The molecule has 192 valence electrons. The van der Waals surface area contributed by atoms with Crippen LogP contribution in [-0.4, -0.2) is 26.8 Å². The fourth-order valence-electron chi connectivity index (χ4n) is 4.67. The number of rotatable bonds is 7. The highest BCUT2D eigenvalue weighted by Crippen LogP contribution is 2.35. The first kappa shape index (κ1) is 26.1. The quantitative estimate of drug-likeness (QED) is 0.383. The third-order valence-electron chi connectivity index (χ3n) is 7.13. The molecule has 4 rings (SSSR count). The molecule has 3 aromatic rings. The molecule has 36 heavy (non-hydrogen) atoms. The van der Waals surface area contributed by atoms with Crippen LogP contribution >= 0.6 is 0 Å². The van der Waals surface area contributed by atoms with Gasteiger partial charge in [-0.15, -0.1) is 5.10 Å². The van der Waals surface area contributed by atoms with Crippen molar-refractivity contribution >= 4 is 5.97 Å². The molecule has 0 atom stereocenters. The molecule has 2 aromatic carbocycles. The van der Waals surface area contributed by atoms with Gasteiger partial charge in [0.1, 0.15) is 6.33 Å². The van der Waals surface area contributed by atoms with Crippen molar-refractivity contribution in [1.82, 2.24) is 20.1 Å². The average molecular weight is 489 g/mol. The number of benzene rings is 2. The molecule has 1 saturated carbocycles. The molecule has 0 aliphatic heterocycles. The summed E-state index contributed by atoms with van der Waals surface area (Å²) in [5.74, 6) is 0.352. The Morgan fingerprint density at radius 2 is 1.86 bits per heavy atom. The summed E-state index contributed by atoms with van der Waals surface area (Å²) in [5.41, 5.74) is 5.80. The summed E-state index contributed by atoms with van der Waals surface area (Å²) in [6, 6.07) is 15.7. The lowest BCUT2D eigenvalue weighted by atomic mass is 9.75. The standard InChI is InChI=1S/C30H40N4O2/c1-21-16-24(27-32-19-34(33-27)20-36-28(35)29(2,3)4)10-11-26(21)23-9-7-8-22(17-23)18-31-25-12-14-30(5,6)15-13-25/h7-11,16-17,19,25,31H,12-15,18,20H2,1-6H3. The zero-order valence-corrected chi connectivity index (χ0v) is 22.6. The van der Waals surface area contributed by atoms with Crippen molar-refractivity contribution in [2.24, 2.45) is 10.8 Å². The molecule has 1 aliphatic rings. The van der Waals surface area contributed by atoms with Gasteiger partial charge >= 0.3 is 5.97 Å². The van der Waals surface area contributed by atoms with Crippen molar-refractivity contribution in [1.29, 1.82) is 0 Å². The first-order valence-corrected chi connectivity index (χ1v) is 13.0. The highest BCUT2D eigenvalue weighted by Gasteiger charge is 2.26. The van der Waals surface area contributed by atoms with E-state index in [1.54, 1.807) is 11.0 Å². The van der Waals surface area contributed by atoms with Crippen molar-refractivity contribution in [3.05, 3.63) is 59.9 Å². The minimum absolute atomic E-state index is 0.0552. The van der Waals surface area contributed by atoms with Gasteiger partial charge in [-0.05, 0) is 93.2 Å². The molecule has 0 saturated heterocycles. The van der Waals surface area contributed by atoms with E-state index < -0.39 is 5.41 Å². The average Bonchev–Trinajstić information content (AvgIpc) is 3.30. The number of aryl methyl sites for hydroxylation is 1. The lowest BCUT2D eigenvalue weighted by Crippen LogP contribution is -2.35. The maximum absolute atomic E-state index is 12.0. The molecule has 1 aliphatic carbocycles. The SMILES string of the molecule is Cc1cc(-c2ncn(COC(=O)C(C)(C)C)n2)ccc1-c1cccc(CNC2CCC(C)(C)CC2)c1. The van der Waals surface area contributed by atoms with E-state index in [0.29, 0.717) is 17.3 Å². The van der Waals surface area contributed by atoms with E-state index in [0.717, 1.165) is 12.1 Å². The third-order valence-corrected chi connectivity index (χ3v) is 7.13. The summed E-state index contributed by atoms with van der Waals surface area (Å²) in [6.45, 7) is 13.3. The monoisotopic (exact) mass is 488 g/mol. The number of hydrogen-bond donors (Lipinski definition) is 1. The van der Waals surface area contributed by atoms with Crippen LogP contribution in [0.4, 0.5) is 0 Å². The van der Waals surface area contributed by atoms with E-state index in [4.69, 9.17) is 4.74 Å². The molecule has 1 N–H and O–H groups in total. The van der Waals surface area contributed by atoms with Crippen molar-refractivity contribution in [3.8, 4) is 22.5 Å². The zero-order valence-electron chi connectivity index (χ0n) is 22.6. The molecule has 0 spiro atoms. The van der Waals surface area contributed by atoms with Crippen molar-refractivity contribution in [3.63, 3.8) is 0 Å². The van der Waals surface area contributed by atoms with E-state index in [2.05, 4.69) is 78.6 Å². The van der Waals surface area contributed by atoms with E-state index in [9.17, 15) is 4.79 Å². The van der Waals surface area contributed by atoms with Crippen molar-refractivity contribution < 1.29 is 9.53 Å². The number of esters is 1. The summed E-state index contributed by atoms with van der Waals surface area (Å²) in [4.78, 5) is 16.4. The van der Waals surface area contributed by atoms with E-state index in [1.165, 1.54) is 47.9 Å². The second-order valence-corrected chi connectivity index (χ2v) is 12.0. The normalized spacial score (nSPS) is 16.2. The molecular weight excluding hydrogens is 448 g/mol. The Kier molecular flexibility index (Phi) is 7.65. The Hall–Kier alpha value is -2.99. The largest absolute Gasteiger partial charge is 0.442 e. The van der Waals surface area contributed by atoms with Gasteiger partial charge < -0.3 is 10.1 Å². The highest BCUT2D eigenvalue weighted by molar-refractivity contribution is 5.75. The molecule has 1 fully saturated rings. The maximum Gasteiger partial charge on any atom is 0.313 e. The van der Waals surface area contributed by atoms with Gasteiger partial charge in [0.25, 0.3) is 0 Å². The summed E-state index contributed by atoms with van der Waals surface area (Å²) >= 11 is 0. The van der Waals surface area contributed by atoms with Crippen molar-refractivity contribution in [2.45, 2.75) is 86.5 Å². The van der Waals surface area contributed by atoms with E-state index in [-0.39, 0.29) is 12.7 Å². The van der Waals surface area contributed by atoms with Crippen molar-refractivity contribution in [2.75, 3.05) is 0 Å². The minimum Gasteiger partial charge on any atom is -0.442 e. The molecule has 6 nitrogen and oxygen atoms in total. The molecular formula is C30H40N4O2. The van der Waals surface area contributed by atoms with E-state index in [1.807, 2.05) is 20.8 Å². The number of hydrogen-bond acceptors (Lipinski definition) is 5. The van der Waals surface area contributed by atoms with Crippen LogP contribution in [0.15, 0.2) is 48.8 Å². The molecule has 0 bridgehead atoms. The Morgan fingerprint density at radius 3 is 2.56 bits per heavy atom. The van der Waals surface area contributed by atoms with Crippen LogP contribution in [0, 0.1) is 17.8 Å². The fraction of sp³-hybridized carbons (Fsp3) is 0.500. The second kappa shape index (κ2) is 10.6. The predicted molar refractivity (Wildman–Crippen MR) is 144 cm³/mol. The molecule has 1 aromatic heterocycles. The lowest BCUT2D eigenvalue weighted by Gasteiger charge is -2.34. The predicted octanol–water partition coefficient (Wildman–Crippen LogP) is 6.53. The number of carbonyl (C=O) groups is 1. The topological polar surface area (TPSA) is 69.0 Å². The third kappa shape index (κ3) is 6.61. The molecule has 1 heterocycles. The molecule has 0 amide bonds. The highest BCUT2D eigenvalue weighted by atomic mass is 16.5. The van der Waals surface area contributed by atoms with Crippen LogP contribution in [0.3, 0.4) is 0 Å². The Bertz CT molecular complexity index is 1200. The van der Waals surface area contributed by atoms with Crippen LogP contribution in [0.5, 0.6) is 0 Å². The van der Waals surface area contributed by atoms with Gasteiger partial charge in [0.15, 0.2) is 12.6 Å². The van der Waals surface area contributed by atoms with Crippen LogP contribution in [0.1, 0.15) is 71.4 Å². The van der Waals surface area contributed by atoms with Gasteiger partial charge in [0.2, 0.25) is 0 Å². The van der Waals surface area contributed by atoms with Gasteiger partial charge in [-0.25, -0.2) is 9.67 Å². The van der Waals surface area contributed by atoms with Gasteiger partial charge in [0.05, 0.1) is 5.41 Å². The van der Waals surface area contributed by atoms with Crippen LogP contribution in [-0.2, 0) is 22.8 Å². The maximum atomic E-state index is 12.0. The summed E-state index contributed by atoms with van der Waals surface area (Å²) in [7, 11) is 0. The number of carbonyl (C=O) groups excluding carboxylic acids is 1. The number of nitrogens with one attached hydrogen (secondary N) is 1. The van der Waals surface area contributed by atoms with Crippen LogP contribution in [0.25, 0.3) is 22.5 Å². The number of ether oxygens (including phenoxy) is 1. The van der Waals surface area contributed by atoms with E-state index >= 15 is 0 Å².